The van der Waals surface area contributed by atoms with Crippen LogP contribution in [-0.4, -0.2) is 37.1 Å². The largest absolute Gasteiger partial charge is 0.316 e. The number of hydrogen-bond donors (Lipinski definition) is 1. The molecular weight excluding hydrogens is 220 g/mol. The van der Waals surface area contributed by atoms with Gasteiger partial charge in [0.25, 0.3) is 0 Å². The summed E-state index contributed by atoms with van der Waals surface area (Å²) in [7, 11) is 0. The average Bonchev–Trinajstić information content (AvgIpc) is 3.08. The molecule has 2 heteroatoms. The summed E-state index contributed by atoms with van der Waals surface area (Å²) < 4.78 is 0. The van der Waals surface area contributed by atoms with E-state index >= 15 is 0 Å². The minimum Gasteiger partial charge on any atom is -0.316 e. The fourth-order valence-corrected chi connectivity index (χ4v) is 2.46. The monoisotopic (exact) mass is 254 g/mol. The summed E-state index contributed by atoms with van der Waals surface area (Å²) in [6.07, 6.45) is 5.43. The molecule has 0 heterocycles. The molecule has 0 amide bonds. The number of hydrogen-bond acceptors (Lipinski definition) is 2. The van der Waals surface area contributed by atoms with Crippen molar-refractivity contribution in [1.82, 2.24) is 10.2 Å². The van der Waals surface area contributed by atoms with E-state index in [4.69, 9.17) is 0 Å². The standard InChI is InChI=1S/C16H34N2/c1-6-10-17-12-16(4,5)13-18(15-7-8-15)11-9-14(2)3/h14-15,17H,6-13H2,1-5H3. The van der Waals surface area contributed by atoms with Gasteiger partial charge >= 0.3 is 0 Å². The molecule has 0 saturated heterocycles. The smallest absolute Gasteiger partial charge is 0.00966 e. The highest BCUT2D eigenvalue weighted by Gasteiger charge is 2.32. The number of nitrogens with one attached hydrogen (secondary N) is 1. The molecule has 108 valence electrons. The third-order valence-corrected chi connectivity index (χ3v) is 3.72. The van der Waals surface area contributed by atoms with E-state index in [1.54, 1.807) is 0 Å². The predicted octanol–water partition coefficient (Wildman–Crippen LogP) is 3.52. The highest BCUT2D eigenvalue weighted by atomic mass is 15.2. The Labute approximate surface area is 115 Å². The summed E-state index contributed by atoms with van der Waals surface area (Å²) in [6, 6.07) is 0.897. The van der Waals surface area contributed by atoms with E-state index in [1.165, 1.54) is 38.8 Å². The maximum atomic E-state index is 3.58. The maximum Gasteiger partial charge on any atom is 0.00966 e. The Morgan fingerprint density at radius 1 is 1.28 bits per heavy atom. The van der Waals surface area contributed by atoms with Crippen molar-refractivity contribution in [3.63, 3.8) is 0 Å². The second-order valence-corrected chi connectivity index (χ2v) is 7.23. The zero-order valence-corrected chi connectivity index (χ0v) is 13.3. The van der Waals surface area contributed by atoms with Crippen molar-refractivity contribution >= 4 is 0 Å². The van der Waals surface area contributed by atoms with E-state index in [-0.39, 0.29) is 0 Å². The Balaban J connectivity index is 2.33. The number of rotatable bonds is 10. The van der Waals surface area contributed by atoms with Gasteiger partial charge in [0.1, 0.15) is 0 Å². The summed E-state index contributed by atoms with van der Waals surface area (Å²) in [5.74, 6) is 0.826. The first-order chi connectivity index (χ1) is 8.44. The second-order valence-electron chi connectivity index (χ2n) is 7.23. The molecular formula is C16H34N2. The SMILES string of the molecule is CCCNCC(C)(C)CN(CCC(C)C)C1CC1. The van der Waals surface area contributed by atoms with Crippen LogP contribution in [0.4, 0.5) is 0 Å². The van der Waals surface area contributed by atoms with Crippen LogP contribution in [0.3, 0.4) is 0 Å². The van der Waals surface area contributed by atoms with E-state index in [2.05, 4.69) is 44.8 Å². The minimum atomic E-state index is 0.398. The highest BCUT2D eigenvalue weighted by Crippen LogP contribution is 2.30. The fourth-order valence-electron chi connectivity index (χ4n) is 2.46. The molecule has 0 atom stereocenters. The zero-order valence-electron chi connectivity index (χ0n) is 13.3. The molecule has 1 saturated carbocycles. The Hall–Kier alpha value is -0.0800. The molecule has 0 aliphatic heterocycles. The molecule has 0 aromatic heterocycles. The predicted molar refractivity (Wildman–Crippen MR) is 81.0 cm³/mol. The summed E-state index contributed by atoms with van der Waals surface area (Å²) in [5, 5.41) is 3.58. The Morgan fingerprint density at radius 2 is 1.94 bits per heavy atom. The third-order valence-electron chi connectivity index (χ3n) is 3.72. The van der Waals surface area contributed by atoms with E-state index in [1.807, 2.05) is 0 Å². The number of nitrogens with zero attached hydrogens (tertiary/aromatic N) is 1. The second kappa shape index (κ2) is 7.49. The first-order valence-corrected chi connectivity index (χ1v) is 7.89. The van der Waals surface area contributed by atoms with E-state index in [0.717, 1.165) is 25.0 Å². The van der Waals surface area contributed by atoms with Gasteiger partial charge in [-0.3, -0.25) is 4.90 Å². The fraction of sp³-hybridized carbons (Fsp3) is 1.00. The Bertz CT molecular complexity index is 219. The molecule has 2 nitrogen and oxygen atoms in total. The van der Waals surface area contributed by atoms with Crippen LogP contribution in [0, 0.1) is 11.3 Å². The van der Waals surface area contributed by atoms with Gasteiger partial charge in [-0.05, 0) is 50.1 Å². The Kier molecular flexibility index (Phi) is 6.65. The quantitative estimate of drug-likeness (QED) is 0.600. The van der Waals surface area contributed by atoms with Crippen LogP contribution in [0.2, 0.25) is 0 Å². The van der Waals surface area contributed by atoms with Gasteiger partial charge in [-0.15, -0.1) is 0 Å². The summed E-state index contributed by atoms with van der Waals surface area (Å²) in [5.41, 5.74) is 0.398. The van der Waals surface area contributed by atoms with Crippen LogP contribution < -0.4 is 5.32 Å². The topological polar surface area (TPSA) is 15.3 Å². The molecule has 0 radical (unpaired) electrons. The van der Waals surface area contributed by atoms with Crippen molar-refractivity contribution in [1.29, 1.82) is 0 Å². The van der Waals surface area contributed by atoms with Gasteiger partial charge in [-0.2, -0.15) is 0 Å². The molecule has 1 fully saturated rings. The molecule has 0 bridgehead atoms. The van der Waals surface area contributed by atoms with Gasteiger partial charge in [0.05, 0.1) is 0 Å². The molecule has 0 aromatic carbocycles. The first kappa shape index (κ1) is 16.0. The molecule has 1 aliphatic rings. The van der Waals surface area contributed by atoms with Crippen molar-refractivity contribution in [2.75, 3.05) is 26.2 Å². The lowest BCUT2D eigenvalue weighted by Gasteiger charge is -2.33. The van der Waals surface area contributed by atoms with Crippen molar-refractivity contribution in [2.45, 2.75) is 66.3 Å². The highest BCUT2D eigenvalue weighted by molar-refractivity contribution is 4.88. The van der Waals surface area contributed by atoms with Crippen molar-refractivity contribution in [3.05, 3.63) is 0 Å². The van der Waals surface area contributed by atoms with Gasteiger partial charge in [-0.25, -0.2) is 0 Å². The lowest BCUT2D eigenvalue weighted by atomic mass is 9.92. The van der Waals surface area contributed by atoms with Gasteiger partial charge < -0.3 is 5.32 Å². The molecule has 0 spiro atoms. The van der Waals surface area contributed by atoms with Crippen LogP contribution in [0.5, 0.6) is 0 Å². The molecule has 1 rings (SSSR count). The van der Waals surface area contributed by atoms with E-state index in [0.29, 0.717) is 5.41 Å². The summed E-state index contributed by atoms with van der Waals surface area (Å²) in [4.78, 5) is 2.74. The molecule has 1 N–H and O–H groups in total. The van der Waals surface area contributed by atoms with E-state index < -0.39 is 0 Å². The van der Waals surface area contributed by atoms with Gasteiger partial charge in [-0.1, -0.05) is 34.6 Å². The van der Waals surface area contributed by atoms with Crippen molar-refractivity contribution in [2.24, 2.45) is 11.3 Å². The minimum absolute atomic E-state index is 0.398. The van der Waals surface area contributed by atoms with E-state index in [9.17, 15) is 0 Å². The molecule has 1 aliphatic carbocycles. The summed E-state index contributed by atoms with van der Waals surface area (Å²) in [6.45, 7) is 16.5. The normalized spacial score (nSPS) is 16.8. The molecule has 0 aromatic rings. The maximum absolute atomic E-state index is 3.58. The van der Waals surface area contributed by atoms with Gasteiger partial charge in [0.2, 0.25) is 0 Å². The average molecular weight is 254 g/mol. The van der Waals surface area contributed by atoms with Gasteiger partial charge in [0, 0.05) is 19.1 Å². The van der Waals surface area contributed by atoms with Crippen LogP contribution >= 0.6 is 0 Å². The van der Waals surface area contributed by atoms with Crippen LogP contribution in [-0.2, 0) is 0 Å². The Morgan fingerprint density at radius 3 is 2.44 bits per heavy atom. The van der Waals surface area contributed by atoms with Crippen LogP contribution in [0.15, 0.2) is 0 Å². The van der Waals surface area contributed by atoms with Crippen molar-refractivity contribution < 1.29 is 0 Å². The molecule has 18 heavy (non-hydrogen) atoms. The lowest BCUT2D eigenvalue weighted by Crippen LogP contribution is -2.42. The third kappa shape index (κ3) is 6.75. The zero-order chi connectivity index (χ0) is 13.6. The van der Waals surface area contributed by atoms with Crippen LogP contribution in [0.25, 0.3) is 0 Å². The lowest BCUT2D eigenvalue weighted by molar-refractivity contribution is 0.160. The molecule has 0 unspecified atom stereocenters. The van der Waals surface area contributed by atoms with Gasteiger partial charge in [0.15, 0.2) is 0 Å². The van der Waals surface area contributed by atoms with Crippen molar-refractivity contribution in [3.8, 4) is 0 Å². The summed E-state index contributed by atoms with van der Waals surface area (Å²) >= 11 is 0. The van der Waals surface area contributed by atoms with Crippen LogP contribution in [0.1, 0.15) is 60.3 Å². The first-order valence-electron chi connectivity index (χ1n) is 7.89.